The highest BCUT2D eigenvalue weighted by Crippen LogP contribution is 2.49. The Balaban J connectivity index is 1.92. The summed E-state index contributed by atoms with van der Waals surface area (Å²) in [5.74, 6) is -0.488. The maximum Gasteiger partial charge on any atom is 0.309 e. The number of unbranched alkanes of at least 4 members (excludes halogenated alkanes) is 1. The number of carbonyl (C=O) groups is 2. The van der Waals surface area contributed by atoms with Crippen LogP contribution in [0.4, 0.5) is 0 Å². The molecule has 0 spiro atoms. The normalized spacial score (nSPS) is 27.5. The van der Waals surface area contributed by atoms with Gasteiger partial charge in [-0.25, -0.2) is 0 Å². The summed E-state index contributed by atoms with van der Waals surface area (Å²) in [5.41, 5.74) is 0.908. The SMILES string of the molecule is CCCCC(=O)N(CCOC)[C@@H]1CC(C(=O)OC)[C@@H]2c3ccccc3O[C@@H]2[C@H]1O. The zero-order valence-corrected chi connectivity index (χ0v) is 17.4. The summed E-state index contributed by atoms with van der Waals surface area (Å²) in [4.78, 5) is 27.2. The lowest BCUT2D eigenvalue weighted by Gasteiger charge is -2.44. The first-order chi connectivity index (χ1) is 14.0. The Morgan fingerprint density at radius 2 is 2.03 bits per heavy atom. The molecule has 0 radical (unpaired) electrons. The summed E-state index contributed by atoms with van der Waals surface area (Å²) in [6, 6.07) is 7.01. The Labute approximate surface area is 171 Å². The number of methoxy groups -OCH3 is 2. The number of benzene rings is 1. The van der Waals surface area contributed by atoms with Gasteiger partial charge in [-0.15, -0.1) is 0 Å². The molecule has 5 atom stereocenters. The molecule has 1 aromatic rings. The van der Waals surface area contributed by atoms with Crippen LogP contribution in [-0.2, 0) is 19.1 Å². The van der Waals surface area contributed by atoms with E-state index in [4.69, 9.17) is 14.2 Å². The highest BCUT2D eigenvalue weighted by atomic mass is 16.5. The van der Waals surface area contributed by atoms with Crippen LogP contribution >= 0.6 is 0 Å². The van der Waals surface area contributed by atoms with Gasteiger partial charge in [0.2, 0.25) is 5.91 Å². The van der Waals surface area contributed by atoms with Crippen molar-refractivity contribution in [3.8, 4) is 5.75 Å². The summed E-state index contributed by atoms with van der Waals surface area (Å²) >= 11 is 0. The van der Waals surface area contributed by atoms with Crippen molar-refractivity contribution >= 4 is 11.9 Å². The summed E-state index contributed by atoms with van der Waals surface area (Å²) in [6.07, 6.45) is 0.912. The van der Waals surface area contributed by atoms with Crippen LogP contribution in [0, 0.1) is 5.92 Å². The van der Waals surface area contributed by atoms with Gasteiger partial charge in [0.25, 0.3) is 0 Å². The fourth-order valence-corrected chi connectivity index (χ4v) is 4.60. The number of hydrogen-bond acceptors (Lipinski definition) is 6. The number of hydrogen-bond donors (Lipinski definition) is 1. The number of para-hydroxylation sites is 1. The third-order valence-corrected chi connectivity index (χ3v) is 6.06. The number of carbonyl (C=O) groups excluding carboxylic acids is 2. The van der Waals surface area contributed by atoms with Gasteiger partial charge in [-0.05, 0) is 18.9 Å². The van der Waals surface area contributed by atoms with E-state index in [1.54, 1.807) is 12.0 Å². The highest BCUT2D eigenvalue weighted by molar-refractivity contribution is 5.78. The largest absolute Gasteiger partial charge is 0.487 e. The van der Waals surface area contributed by atoms with E-state index < -0.39 is 24.2 Å². The fraction of sp³-hybridized carbons (Fsp3) is 0.636. The number of rotatable bonds is 8. The van der Waals surface area contributed by atoms with Gasteiger partial charge in [-0.1, -0.05) is 31.5 Å². The average Bonchev–Trinajstić information content (AvgIpc) is 3.13. The van der Waals surface area contributed by atoms with Gasteiger partial charge in [0.05, 0.1) is 25.7 Å². The van der Waals surface area contributed by atoms with Gasteiger partial charge in [-0.3, -0.25) is 9.59 Å². The first-order valence-corrected chi connectivity index (χ1v) is 10.3. The molecule has 1 N–H and O–H groups in total. The second-order valence-corrected chi connectivity index (χ2v) is 7.75. The van der Waals surface area contributed by atoms with E-state index in [2.05, 4.69) is 0 Å². The maximum atomic E-state index is 12.9. The van der Waals surface area contributed by atoms with E-state index in [0.29, 0.717) is 31.7 Å². The Hall–Kier alpha value is -2.12. The number of esters is 1. The van der Waals surface area contributed by atoms with Crippen LogP contribution < -0.4 is 4.74 Å². The molecule has 1 aromatic carbocycles. The average molecular weight is 405 g/mol. The molecule has 7 heteroatoms. The molecule has 1 unspecified atom stereocenters. The number of nitrogens with zero attached hydrogens (tertiary/aromatic N) is 1. The second kappa shape index (κ2) is 9.59. The summed E-state index contributed by atoms with van der Waals surface area (Å²) in [7, 11) is 2.95. The van der Waals surface area contributed by atoms with Gasteiger partial charge in [0.15, 0.2) is 0 Å². The molecule has 1 aliphatic carbocycles. The molecule has 1 aliphatic heterocycles. The molecular weight excluding hydrogens is 374 g/mol. The molecule has 1 saturated carbocycles. The van der Waals surface area contributed by atoms with E-state index in [9.17, 15) is 14.7 Å². The third kappa shape index (κ3) is 4.26. The van der Waals surface area contributed by atoms with Gasteiger partial charge in [0, 0.05) is 31.6 Å². The summed E-state index contributed by atoms with van der Waals surface area (Å²) < 4.78 is 16.3. The van der Waals surface area contributed by atoms with E-state index in [-0.39, 0.29) is 17.8 Å². The minimum atomic E-state index is -0.907. The molecule has 160 valence electrons. The van der Waals surface area contributed by atoms with Crippen LogP contribution in [0.25, 0.3) is 0 Å². The van der Waals surface area contributed by atoms with Crippen LogP contribution in [0.3, 0.4) is 0 Å². The lowest BCUT2D eigenvalue weighted by atomic mass is 9.71. The maximum absolute atomic E-state index is 12.9. The molecule has 3 rings (SSSR count). The Morgan fingerprint density at radius 3 is 2.72 bits per heavy atom. The van der Waals surface area contributed by atoms with Crippen molar-refractivity contribution in [2.75, 3.05) is 27.4 Å². The van der Waals surface area contributed by atoms with Crippen molar-refractivity contribution in [2.24, 2.45) is 5.92 Å². The molecule has 1 amide bonds. The van der Waals surface area contributed by atoms with Crippen LogP contribution in [0.5, 0.6) is 5.75 Å². The molecule has 0 bridgehead atoms. The number of fused-ring (bicyclic) bond motifs is 3. The van der Waals surface area contributed by atoms with Crippen LogP contribution in [-0.4, -0.2) is 67.5 Å². The van der Waals surface area contributed by atoms with E-state index in [1.165, 1.54) is 7.11 Å². The van der Waals surface area contributed by atoms with Crippen molar-refractivity contribution in [3.63, 3.8) is 0 Å². The monoisotopic (exact) mass is 405 g/mol. The summed E-state index contributed by atoms with van der Waals surface area (Å²) in [5, 5.41) is 11.2. The lowest BCUT2D eigenvalue weighted by molar-refractivity contribution is -0.158. The quantitative estimate of drug-likeness (QED) is 0.667. The molecular formula is C22H31NO6. The molecule has 0 saturated heterocycles. The van der Waals surface area contributed by atoms with Crippen molar-refractivity contribution < 1.29 is 28.9 Å². The predicted molar refractivity (Wildman–Crippen MR) is 107 cm³/mol. The standard InChI is InChI=1S/C22H31NO6/c1-4-5-10-18(24)23(11-12-27-2)16-13-15(22(26)28-3)19-14-8-6-7-9-17(14)29-21(19)20(16)25/h6-9,15-16,19-21,25H,4-5,10-13H2,1-3H3/t15?,16-,19+,20+,21+/m1/s1. The zero-order valence-electron chi connectivity index (χ0n) is 17.4. The topological polar surface area (TPSA) is 85.3 Å². The van der Waals surface area contributed by atoms with Crippen molar-refractivity contribution in [1.29, 1.82) is 0 Å². The van der Waals surface area contributed by atoms with Crippen molar-refractivity contribution in [2.45, 2.75) is 56.8 Å². The molecule has 29 heavy (non-hydrogen) atoms. The first kappa shape index (κ1) is 21.6. The number of aliphatic hydroxyl groups is 1. The fourth-order valence-electron chi connectivity index (χ4n) is 4.60. The van der Waals surface area contributed by atoms with Crippen molar-refractivity contribution in [1.82, 2.24) is 4.90 Å². The smallest absolute Gasteiger partial charge is 0.309 e. The molecule has 2 aliphatic rings. The van der Waals surface area contributed by atoms with Crippen LogP contribution in [0.1, 0.15) is 44.1 Å². The Kier molecular flexibility index (Phi) is 7.14. The number of amides is 1. The lowest BCUT2D eigenvalue weighted by Crippen LogP contribution is -2.59. The van der Waals surface area contributed by atoms with Gasteiger partial charge >= 0.3 is 5.97 Å². The van der Waals surface area contributed by atoms with Gasteiger partial charge in [-0.2, -0.15) is 0 Å². The van der Waals surface area contributed by atoms with Crippen LogP contribution in [0.15, 0.2) is 24.3 Å². The van der Waals surface area contributed by atoms with Crippen LogP contribution in [0.2, 0.25) is 0 Å². The van der Waals surface area contributed by atoms with E-state index in [0.717, 1.165) is 18.4 Å². The molecule has 1 heterocycles. The highest BCUT2D eigenvalue weighted by Gasteiger charge is 2.54. The first-order valence-electron chi connectivity index (χ1n) is 10.3. The Morgan fingerprint density at radius 1 is 1.28 bits per heavy atom. The minimum absolute atomic E-state index is 0.0365. The Bertz CT molecular complexity index is 723. The van der Waals surface area contributed by atoms with Gasteiger partial charge < -0.3 is 24.2 Å². The second-order valence-electron chi connectivity index (χ2n) is 7.75. The molecule has 0 aromatic heterocycles. The van der Waals surface area contributed by atoms with Crippen molar-refractivity contribution in [3.05, 3.63) is 29.8 Å². The number of ether oxygens (including phenoxy) is 3. The van der Waals surface area contributed by atoms with E-state index >= 15 is 0 Å². The minimum Gasteiger partial charge on any atom is -0.487 e. The zero-order chi connectivity index (χ0) is 21.0. The molecule has 7 nitrogen and oxygen atoms in total. The number of aliphatic hydroxyl groups excluding tert-OH is 1. The van der Waals surface area contributed by atoms with Gasteiger partial charge in [0.1, 0.15) is 18.0 Å². The molecule has 1 fully saturated rings. The summed E-state index contributed by atoms with van der Waals surface area (Å²) in [6.45, 7) is 2.75. The third-order valence-electron chi connectivity index (χ3n) is 6.06. The van der Waals surface area contributed by atoms with E-state index in [1.807, 2.05) is 31.2 Å². The predicted octanol–water partition coefficient (Wildman–Crippen LogP) is 2.12.